The lowest BCUT2D eigenvalue weighted by molar-refractivity contribution is 0.461. The molecule has 0 unspecified atom stereocenters. The van der Waals surface area contributed by atoms with E-state index in [1.807, 2.05) is 37.3 Å². The Morgan fingerprint density at radius 3 is 1.70 bits per heavy atom. The largest absolute Gasteiger partial charge is 0.324 e. The molecule has 3 N–H and O–H groups in total. The van der Waals surface area contributed by atoms with E-state index >= 15 is 0 Å². The van der Waals surface area contributed by atoms with Gasteiger partial charge in [-0.1, -0.05) is 80.9 Å². The van der Waals surface area contributed by atoms with Crippen LogP contribution in [0.1, 0.15) is 57.3 Å². The fraction of sp³-hybridized carbons (Fsp3) is 0.429. The molecule has 3 atom stereocenters. The summed E-state index contributed by atoms with van der Waals surface area (Å²) < 4.78 is 0. The molecule has 0 aliphatic carbocycles. The van der Waals surface area contributed by atoms with Crippen LogP contribution in [0.3, 0.4) is 0 Å². The first-order valence-electron chi connectivity index (χ1n) is 8.63. The highest BCUT2D eigenvalue weighted by Crippen LogP contribution is 2.11. The normalized spacial score (nSPS) is 14.3. The Hall–Kier alpha value is -1.64. The van der Waals surface area contributed by atoms with E-state index in [0.717, 1.165) is 12.5 Å². The van der Waals surface area contributed by atoms with Gasteiger partial charge in [-0.15, -0.1) is 0 Å². The first-order chi connectivity index (χ1) is 11.0. The second-order valence-corrected chi connectivity index (χ2v) is 6.25. The van der Waals surface area contributed by atoms with Crippen molar-refractivity contribution in [3.05, 3.63) is 71.8 Å². The van der Waals surface area contributed by atoms with Crippen LogP contribution < -0.4 is 11.1 Å². The molecule has 0 aliphatic rings. The Kier molecular flexibility index (Phi) is 9.27. The van der Waals surface area contributed by atoms with Crippen LogP contribution in [-0.2, 0) is 0 Å². The molecular weight excluding hydrogens is 280 g/mol. The van der Waals surface area contributed by atoms with Crippen LogP contribution in [0.25, 0.3) is 0 Å². The highest BCUT2D eigenvalue weighted by Gasteiger charge is 2.05. The quantitative estimate of drug-likeness (QED) is 0.779. The maximum Gasteiger partial charge on any atom is 0.0291 e. The van der Waals surface area contributed by atoms with Crippen molar-refractivity contribution in [3.63, 3.8) is 0 Å². The van der Waals surface area contributed by atoms with Crippen molar-refractivity contribution in [1.82, 2.24) is 5.32 Å². The third-order valence-electron chi connectivity index (χ3n) is 4.09. The first kappa shape index (κ1) is 19.4. The summed E-state index contributed by atoms with van der Waals surface area (Å²) in [6, 6.07) is 21.3. The Bertz CT molecular complexity index is 508. The van der Waals surface area contributed by atoms with Crippen LogP contribution in [0.15, 0.2) is 60.7 Å². The molecule has 0 spiro atoms. The molecular formula is C21H32N2. The zero-order chi connectivity index (χ0) is 17.1. The van der Waals surface area contributed by atoms with E-state index in [9.17, 15) is 0 Å². The molecule has 126 valence electrons. The van der Waals surface area contributed by atoms with Crippen LogP contribution in [0.2, 0.25) is 0 Å². The van der Waals surface area contributed by atoms with Crippen molar-refractivity contribution in [1.29, 1.82) is 0 Å². The zero-order valence-corrected chi connectivity index (χ0v) is 15.0. The molecule has 0 aromatic heterocycles. The van der Waals surface area contributed by atoms with Gasteiger partial charge in [-0.05, 0) is 37.4 Å². The van der Waals surface area contributed by atoms with Crippen LogP contribution >= 0.6 is 0 Å². The molecule has 2 aromatic rings. The predicted molar refractivity (Wildman–Crippen MR) is 101 cm³/mol. The minimum absolute atomic E-state index is 0.159. The fourth-order valence-corrected chi connectivity index (χ4v) is 2.14. The summed E-state index contributed by atoms with van der Waals surface area (Å²) in [6.07, 6.45) is 1.24. The van der Waals surface area contributed by atoms with Gasteiger partial charge < -0.3 is 11.1 Å². The monoisotopic (exact) mass is 312 g/mol. The average Bonchev–Trinajstić information content (AvgIpc) is 2.61. The van der Waals surface area contributed by atoms with Crippen molar-refractivity contribution in [2.75, 3.05) is 6.54 Å². The predicted octanol–water partition coefficient (Wildman–Crippen LogP) is 5.09. The van der Waals surface area contributed by atoms with Crippen molar-refractivity contribution < 1.29 is 0 Å². The van der Waals surface area contributed by atoms with Gasteiger partial charge in [0.2, 0.25) is 0 Å². The van der Waals surface area contributed by atoms with Crippen molar-refractivity contribution in [2.45, 2.75) is 46.2 Å². The number of nitrogens with one attached hydrogen (secondary N) is 1. The summed E-state index contributed by atoms with van der Waals surface area (Å²) >= 11 is 0. The van der Waals surface area contributed by atoms with Gasteiger partial charge in [-0.25, -0.2) is 0 Å². The Balaban J connectivity index is 0.000000253. The van der Waals surface area contributed by atoms with Crippen LogP contribution in [0.4, 0.5) is 0 Å². The second-order valence-electron chi connectivity index (χ2n) is 6.25. The Labute approximate surface area is 142 Å². The summed E-state index contributed by atoms with van der Waals surface area (Å²) in [6.45, 7) is 9.82. The summed E-state index contributed by atoms with van der Waals surface area (Å²) in [5.74, 6) is 0.765. The third-order valence-corrected chi connectivity index (χ3v) is 4.09. The van der Waals surface area contributed by atoms with Crippen LogP contribution in [0, 0.1) is 5.92 Å². The highest BCUT2D eigenvalue weighted by atomic mass is 14.9. The molecule has 0 bridgehead atoms. The number of benzene rings is 2. The molecule has 0 saturated carbocycles. The molecule has 0 heterocycles. The minimum Gasteiger partial charge on any atom is -0.324 e. The van der Waals surface area contributed by atoms with E-state index in [1.54, 1.807) is 0 Å². The summed E-state index contributed by atoms with van der Waals surface area (Å²) in [5.41, 5.74) is 8.18. The second kappa shape index (κ2) is 11.0. The maximum absolute atomic E-state index is 5.61. The lowest BCUT2D eigenvalue weighted by Gasteiger charge is -2.16. The highest BCUT2D eigenvalue weighted by molar-refractivity contribution is 5.18. The SMILES string of the molecule is CC[C@H](C)CN[C@@H](C)c1ccccc1.C[C@H](N)c1ccccc1. The molecule has 0 saturated heterocycles. The van der Waals surface area contributed by atoms with Gasteiger partial charge in [0.15, 0.2) is 0 Å². The zero-order valence-electron chi connectivity index (χ0n) is 15.0. The molecule has 0 amide bonds. The maximum atomic E-state index is 5.61. The molecule has 2 heteroatoms. The van der Waals surface area contributed by atoms with Crippen LogP contribution in [0.5, 0.6) is 0 Å². The van der Waals surface area contributed by atoms with E-state index in [4.69, 9.17) is 5.73 Å². The number of rotatable bonds is 6. The molecule has 2 rings (SSSR count). The van der Waals surface area contributed by atoms with E-state index in [-0.39, 0.29) is 6.04 Å². The van der Waals surface area contributed by atoms with Crippen molar-refractivity contribution in [2.24, 2.45) is 11.7 Å². The molecule has 2 nitrogen and oxygen atoms in total. The lowest BCUT2D eigenvalue weighted by Crippen LogP contribution is -2.24. The standard InChI is InChI=1S/C13H21N.C8H11N/c1-4-11(2)10-14-12(3)13-8-6-5-7-9-13;1-7(9)8-5-3-2-4-6-8/h5-9,11-12,14H,4,10H2,1-3H3;2-7H,9H2,1H3/t11-,12-;7-/m00/s1. The van der Waals surface area contributed by atoms with Gasteiger partial charge in [0.05, 0.1) is 0 Å². The summed E-state index contributed by atoms with van der Waals surface area (Å²) in [4.78, 5) is 0. The number of nitrogens with two attached hydrogens (primary N) is 1. The molecule has 0 aliphatic heterocycles. The van der Waals surface area contributed by atoms with Gasteiger partial charge in [-0.2, -0.15) is 0 Å². The third kappa shape index (κ3) is 7.96. The van der Waals surface area contributed by atoms with E-state index in [0.29, 0.717) is 6.04 Å². The van der Waals surface area contributed by atoms with Gasteiger partial charge in [0.1, 0.15) is 0 Å². The topological polar surface area (TPSA) is 38.0 Å². The average molecular weight is 313 g/mol. The van der Waals surface area contributed by atoms with Gasteiger partial charge in [0.25, 0.3) is 0 Å². The van der Waals surface area contributed by atoms with Gasteiger partial charge in [-0.3, -0.25) is 0 Å². The summed E-state index contributed by atoms with van der Waals surface area (Å²) in [7, 11) is 0. The van der Waals surface area contributed by atoms with E-state index in [1.165, 1.54) is 17.5 Å². The van der Waals surface area contributed by atoms with Gasteiger partial charge in [0, 0.05) is 12.1 Å². The molecule has 2 aromatic carbocycles. The van der Waals surface area contributed by atoms with Crippen molar-refractivity contribution >= 4 is 0 Å². The molecule has 23 heavy (non-hydrogen) atoms. The minimum atomic E-state index is 0.159. The summed E-state index contributed by atoms with van der Waals surface area (Å²) in [5, 5.41) is 3.55. The number of hydrogen-bond acceptors (Lipinski definition) is 2. The number of hydrogen-bond donors (Lipinski definition) is 2. The molecule has 0 fully saturated rings. The van der Waals surface area contributed by atoms with Crippen molar-refractivity contribution in [3.8, 4) is 0 Å². The Morgan fingerprint density at radius 2 is 1.30 bits per heavy atom. The van der Waals surface area contributed by atoms with E-state index < -0.39 is 0 Å². The first-order valence-corrected chi connectivity index (χ1v) is 8.63. The molecule has 0 radical (unpaired) electrons. The fourth-order valence-electron chi connectivity index (χ4n) is 2.14. The van der Waals surface area contributed by atoms with Crippen LogP contribution in [-0.4, -0.2) is 6.54 Å². The lowest BCUT2D eigenvalue weighted by atomic mass is 10.1. The van der Waals surface area contributed by atoms with Gasteiger partial charge >= 0.3 is 0 Å². The smallest absolute Gasteiger partial charge is 0.0291 e. The van der Waals surface area contributed by atoms with E-state index in [2.05, 4.69) is 56.4 Å². The Morgan fingerprint density at radius 1 is 0.826 bits per heavy atom.